The topological polar surface area (TPSA) is 66.5 Å². The predicted octanol–water partition coefficient (Wildman–Crippen LogP) is 4.28. The molecule has 1 N–H and O–H groups in total. The third kappa shape index (κ3) is 4.16. The largest absolute Gasteiger partial charge is 0.322 e. The molecular formula is C17H16BrClN2O3S. The van der Waals surface area contributed by atoms with Crippen LogP contribution in [0.15, 0.2) is 46.9 Å². The predicted molar refractivity (Wildman–Crippen MR) is 104 cm³/mol. The van der Waals surface area contributed by atoms with E-state index in [1.165, 1.54) is 10.4 Å². The van der Waals surface area contributed by atoms with E-state index in [1.54, 1.807) is 24.3 Å². The summed E-state index contributed by atoms with van der Waals surface area (Å²) >= 11 is 9.54. The quantitative estimate of drug-likeness (QED) is 0.770. The summed E-state index contributed by atoms with van der Waals surface area (Å²) < 4.78 is 26.8. The van der Waals surface area contributed by atoms with Crippen LogP contribution in [0.3, 0.4) is 0 Å². The second-order valence-corrected chi connectivity index (χ2v) is 9.06. The Labute approximate surface area is 160 Å². The monoisotopic (exact) mass is 442 g/mol. The Morgan fingerprint density at radius 2 is 1.84 bits per heavy atom. The lowest BCUT2D eigenvalue weighted by Gasteiger charge is -2.29. The zero-order chi connectivity index (χ0) is 18.0. The van der Waals surface area contributed by atoms with Crippen molar-refractivity contribution >= 4 is 54.8 Å². The van der Waals surface area contributed by atoms with Crippen LogP contribution in [0.2, 0.25) is 5.02 Å². The molecule has 1 amide bonds. The van der Waals surface area contributed by atoms with Gasteiger partial charge in [0.05, 0.1) is 16.5 Å². The lowest BCUT2D eigenvalue weighted by molar-refractivity contribution is 0.102. The normalized spacial score (nSPS) is 16.5. The Morgan fingerprint density at radius 1 is 1.12 bits per heavy atom. The van der Waals surface area contributed by atoms with Gasteiger partial charge in [0.25, 0.3) is 5.91 Å². The van der Waals surface area contributed by atoms with Gasteiger partial charge in [0.1, 0.15) is 0 Å². The molecule has 0 unspecified atom stereocenters. The molecular weight excluding hydrogens is 428 g/mol. The number of hydrogen-bond donors (Lipinski definition) is 1. The molecule has 3 rings (SSSR count). The fourth-order valence-electron chi connectivity index (χ4n) is 2.64. The van der Waals surface area contributed by atoms with Crippen molar-refractivity contribution in [3.05, 3.63) is 57.5 Å². The molecule has 1 fully saturated rings. The average molecular weight is 444 g/mol. The number of hydrogen-bond acceptors (Lipinski definition) is 3. The van der Waals surface area contributed by atoms with E-state index in [-0.39, 0.29) is 11.7 Å². The average Bonchev–Trinajstić information content (AvgIpc) is 2.57. The van der Waals surface area contributed by atoms with E-state index in [4.69, 9.17) is 11.6 Å². The van der Waals surface area contributed by atoms with E-state index in [9.17, 15) is 13.2 Å². The van der Waals surface area contributed by atoms with Gasteiger partial charge >= 0.3 is 0 Å². The van der Waals surface area contributed by atoms with Gasteiger partial charge in [-0.1, -0.05) is 27.5 Å². The van der Waals surface area contributed by atoms with Crippen LogP contribution in [0.5, 0.6) is 0 Å². The molecule has 2 aromatic rings. The molecule has 0 saturated carbocycles. The van der Waals surface area contributed by atoms with E-state index in [0.717, 1.165) is 10.9 Å². The maximum absolute atomic E-state index is 12.5. The van der Waals surface area contributed by atoms with Crippen molar-refractivity contribution in [3.8, 4) is 0 Å². The van der Waals surface area contributed by atoms with Gasteiger partial charge in [0.2, 0.25) is 10.0 Å². The highest BCUT2D eigenvalue weighted by molar-refractivity contribution is 9.10. The summed E-state index contributed by atoms with van der Waals surface area (Å²) in [5.74, 6) is -0.229. The molecule has 0 radical (unpaired) electrons. The Kier molecular flexibility index (Phi) is 5.36. The van der Waals surface area contributed by atoms with Gasteiger partial charge in [-0.3, -0.25) is 9.10 Å². The second-order valence-electron chi connectivity index (χ2n) is 5.72. The number of anilines is 2. The molecule has 0 aromatic heterocycles. The van der Waals surface area contributed by atoms with Crippen LogP contribution in [0, 0.1) is 0 Å². The van der Waals surface area contributed by atoms with Crippen LogP contribution in [0.4, 0.5) is 11.4 Å². The Bertz CT molecular complexity index is 901. The molecule has 25 heavy (non-hydrogen) atoms. The first kappa shape index (κ1) is 18.2. The lowest BCUT2D eigenvalue weighted by atomic mass is 10.1. The minimum absolute atomic E-state index is 0.0959. The number of nitrogens with zero attached hydrogens (tertiary/aromatic N) is 1. The fourth-order valence-corrected chi connectivity index (χ4v) is 4.82. The Hall–Kier alpha value is -1.57. The van der Waals surface area contributed by atoms with Crippen LogP contribution in [0.1, 0.15) is 23.2 Å². The van der Waals surface area contributed by atoms with Crippen LogP contribution in [0.25, 0.3) is 0 Å². The molecule has 1 aliphatic heterocycles. The first-order valence-electron chi connectivity index (χ1n) is 7.74. The third-order valence-electron chi connectivity index (χ3n) is 3.93. The molecule has 8 heteroatoms. The molecule has 2 aromatic carbocycles. The first-order chi connectivity index (χ1) is 11.9. The van der Waals surface area contributed by atoms with Crippen molar-refractivity contribution in [3.63, 3.8) is 0 Å². The number of carbonyl (C=O) groups is 1. The van der Waals surface area contributed by atoms with Gasteiger partial charge in [-0.2, -0.15) is 0 Å². The molecule has 5 nitrogen and oxygen atoms in total. The van der Waals surface area contributed by atoms with Gasteiger partial charge < -0.3 is 5.32 Å². The maximum atomic E-state index is 12.5. The van der Waals surface area contributed by atoms with E-state index in [0.29, 0.717) is 34.9 Å². The van der Waals surface area contributed by atoms with Crippen LogP contribution in [-0.2, 0) is 10.0 Å². The van der Waals surface area contributed by atoms with Crippen molar-refractivity contribution in [1.82, 2.24) is 0 Å². The van der Waals surface area contributed by atoms with E-state index in [2.05, 4.69) is 21.2 Å². The summed E-state index contributed by atoms with van der Waals surface area (Å²) in [5.41, 5.74) is 1.35. The second kappa shape index (κ2) is 7.35. The van der Waals surface area contributed by atoms with Crippen LogP contribution < -0.4 is 9.62 Å². The minimum Gasteiger partial charge on any atom is -0.322 e. The molecule has 0 atom stereocenters. The van der Waals surface area contributed by atoms with E-state index >= 15 is 0 Å². The van der Waals surface area contributed by atoms with Gasteiger partial charge in [-0.25, -0.2) is 8.42 Å². The zero-order valence-electron chi connectivity index (χ0n) is 13.2. The molecule has 1 saturated heterocycles. The molecule has 1 aliphatic rings. The van der Waals surface area contributed by atoms with Gasteiger partial charge in [0, 0.05) is 22.3 Å². The highest BCUT2D eigenvalue weighted by Gasteiger charge is 2.28. The molecule has 0 spiro atoms. The summed E-state index contributed by atoms with van der Waals surface area (Å²) in [6, 6.07) is 11.8. The fraction of sp³-hybridized carbons (Fsp3) is 0.235. The number of halogens is 2. The van der Waals surface area contributed by atoms with E-state index in [1.807, 2.05) is 12.1 Å². The van der Waals surface area contributed by atoms with Crippen molar-refractivity contribution in [2.24, 2.45) is 0 Å². The Morgan fingerprint density at radius 3 is 2.52 bits per heavy atom. The number of benzene rings is 2. The number of carbonyl (C=O) groups excluding carboxylic acids is 1. The number of amides is 1. The third-order valence-corrected chi connectivity index (χ3v) is 6.63. The van der Waals surface area contributed by atoms with Gasteiger partial charge in [0.15, 0.2) is 0 Å². The van der Waals surface area contributed by atoms with Gasteiger partial charge in [-0.05, 0) is 55.3 Å². The summed E-state index contributed by atoms with van der Waals surface area (Å²) in [6.07, 6.45) is 1.41. The number of nitrogens with one attached hydrogen (secondary N) is 1. The van der Waals surface area contributed by atoms with Crippen molar-refractivity contribution in [2.75, 3.05) is 21.9 Å². The van der Waals surface area contributed by atoms with Crippen molar-refractivity contribution in [2.45, 2.75) is 12.8 Å². The highest BCUT2D eigenvalue weighted by atomic mass is 79.9. The SMILES string of the molecule is O=C(Nc1ccc(Br)cc1)c1ccc(Cl)c(N2CCCCS2(=O)=O)c1. The number of sulfonamides is 1. The molecule has 0 aliphatic carbocycles. The van der Waals surface area contributed by atoms with Crippen molar-refractivity contribution < 1.29 is 13.2 Å². The number of rotatable bonds is 3. The highest BCUT2D eigenvalue weighted by Crippen LogP contribution is 2.32. The zero-order valence-corrected chi connectivity index (χ0v) is 16.4. The summed E-state index contributed by atoms with van der Waals surface area (Å²) in [4.78, 5) is 12.5. The Balaban J connectivity index is 1.88. The molecule has 0 bridgehead atoms. The van der Waals surface area contributed by atoms with Crippen molar-refractivity contribution in [1.29, 1.82) is 0 Å². The molecule has 132 valence electrons. The minimum atomic E-state index is -3.39. The lowest BCUT2D eigenvalue weighted by Crippen LogP contribution is -2.38. The summed E-state index contributed by atoms with van der Waals surface area (Å²) in [7, 11) is -3.39. The van der Waals surface area contributed by atoms with Crippen LogP contribution >= 0.6 is 27.5 Å². The smallest absolute Gasteiger partial charge is 0.255 e. The van der Waals surface area contributed by atoms with Crippen LogP contribution in [-0.4, -0.2) is 26.6 Å². The summed E-state index contributed by atoms with van der Waals surface area (Å²) in [6.45, 7) is 0.375. The first-order valence-corrected chi connectivity index (χ1v) is 10.5. The van der Waals surface area contributed by atoms with E-state index < -0.39 is 10.0 Å². The summed E-state index contributed by atoms with van der Waals surface area (Å²) in [5, 5.41) is 3.10. The molecule has 1 heterocycles. The van der Waals surface area contributed by atoms with Gasteiger partial charge in [-0.15, -0.1) is 0 Å². The maximum Gasteiger partial charge on any atom is 0.255 e. The standard InChI is InChI=1S/C17H16BrClN2O3S/c18-13-4-6-14(7-5-13)20-17(22)12-3-8-15(19)16(11-12)21-9-1-2-10-25(21,23)24/h3-8,11H,1-2,9-10H2,(H,20,22).